The molecule has 0 radical (unpaired) electrons. The summed E-state index contributed by atoms with van der Waals surface area (Å²) in [5, 5.41) is 0.910. The monoisotopic (exact) mass is 520 g/mol. The molecule has 4 rings (SSSR count). The minimum absolute atomic E-state index is 0.149. The molecule has 1 N–H and O–H groups in total. The Labute approximate surface area is 220 Å². The number of carbonyl (C=O) groups is 2. The first-order valence-corrected chi connectivity index (χ1v) is 12.3. The highest BCUT2D eigenvalue weighted by Gasteiger charge is 2.38. The summed E-state index contributed by atoms with van der Waals surface area (Å²) in [5.74, 6) is 1.51. The number of ether oxygens (including phenoxy) is 4. The highest BCUT2D eigenvalue weighted by molar-refractivity contribution is 8.04. The second-order valence-corrected chi connectivity index (χ2v) is 9.21. The average Bonchev–Trinajstić information content (AvgIpc) is 3.22. The van der Waals surface area contributed by atoms with Crippen molar-refractivity contribution in [2.75, 3.05) is 28.4 Å². The van der Waals surface area contributed by atoms with Gasteiger partial charge in [0, 0.05) is 0 Å². The van der Waals surface area contributed by atoms with E-state index in [9.17, 15) is 9.59 Å². The Bertz CT molecular complexity index is 1270. The Morgan fingerprint density at radius 1 is 0.919 bits per heavy atom. The van der Waals surface area contributed by atoms with Gasteiger partial charge in [-0.15, -0.1) is 0 Å². The number of methoxy groups -OCH3 is 4. The molecule has 1 heterocycles. The highest BCUT2D eigenvalue weighted by Crippen LogP contribution is 2.46. The Hall–Kier alpha value is -4.11. The van der Waals surface area contributed by atoms with Crippen LogP contribution in [0.25, 0.3) is 6.08 Å². The third-order valence-electron chi connectivity index (χ3n) is 5.74. The number of carbonyl (C=O) groups excluding carboxylic acids is 2. The van der Waals surface area contributed by atoms with Gasteiger partial charge < -0.3 is 18.9 Å². The fourth-order valence-electron chi connectivity index (χ4n) is 3.93. The fourth-order valence-corrected chi connectivity index (χ4v) is 5.12. The molecule has 0 aromatic heterocycles. The number of nitrogens with zero attached hydrogens (tertiary/aromatic N) is 1. The van der Waals surface area contributed by atoms with Crippen molar-refractivity contribution in [2.24, 2.45) is 0 Å². The van der Waals surface area contributed by atoms with Crippen LogP contribution in [-0.4, -0.2) is 45.3 Å². The third-order valence-corrected chi connectivity index (χ3v) is 6.99. The van der Waals surface area contributed by atoms with Crippen molar-refractivity contribution in [2.45, 2.75) is 11.8 Å². The summed E-state index contributed by atoms with van der Waals surface area (Å²) in [6.07, 6.45) is 1.90. The molecule has 9 heteroatoms. The summed E-state index contributed by atoms with van der Waals surface area (Å²) in [4.78, 5) is 26.9. The number of hydrogen-bond donors (Lipinski definition) is 1. The van der Waals surface area contributed by atoms with Crippen LogP contribution in [0.5, 0.6) is 23.0 Å². The molecule has 0 spiro atoms. The summed E-state index contributed by atoms with van der Waals surface area (Å²) in [6.45, 7) is 0. The lowest BCUT2D eigenvalue weighted by molar-refractivity contribution is -0.137. The molecule has 1 fully saturated rings. The predicted octanol–water partition coefficient (Wildman–Crippen LogP) is 4.61. The van der Waals surface area contributed by atoms with Crippen LogP contribution in [0.1, 0.15) is 22.1 Å². The summed E-state index contributed by atoms with van der Waals surface area (Å²) in [7, 11) is 6.20. The molecule has 1 aliphatic heterocycles. The van der Waals surface area contributed by atoms with Crippen LogP contribution in [0.3, 0.4) is 0 Å². The van der Waals surface area contributed by atoms with E-state index in [0.29, 0.717) is 33.5 Å². The van der Waals surface area contributed by atoms with Crippen molar-refractivity contribution in [3.63, 3.8) is 0 Å². The molecule has 1 saturated heterocycles. The fraction of sp³-hybridized carbons (Fsp3) is 0.214. The van der Waals surface area contributed by atoms with Crippen LogP contribution < -0.4 is 24.4 Å². The second-order valence-electron chi connectivity index (χ2n) is 8.08. The SMILES string of the molecule is COc1ccc([C@@H]2S/C(=C\c3cc(OC)c(OC)c(OC)c3)C(=O)N2NC(=O)Cc2ccccc2)cc1. The van der Waals surface area contributed by atoms with E-state index in [1.54, 1.807) is 25.3 Å². The molecule has 1 atom stereocenters. The van der Waals surface area contributed by atoms with Gasteiger partial charge in [-0.05, 0) is 47.0 Å². The second kappa shape index (κ2) is 11.7. The Morgan fingerprint density at radius 2 is 1.57 bits per heavy atom. The van der Waals surface area contributed by atoms with Crippen molar-refractivity contribution in [1.29, 1.82) is 0 Å². The molecule has 8 nitrogen and oxygen atoms in total. The number of nitrogens with one attached hydrogen (secondary N) is 1. The molecule has 3 aromatic carbocycles. The minimum atomic E-state index is -0.466. The van der Waals surface area contributed by atoms with Gasteiger partial charge >= 0.3 is 0 Å². The van der Waals surface area contributed by atoms with Gasteiger partial charge in [0.1, 0.15) is 11.1 Å². The lowest BCUT2D eigenvalue weighted by Gasteiger charge is -2.24. The van der Waals surface area contributed by atoms with E-state index in [2.05, 4.69) is 5.43 Å². The van der Waals surface area contributed by atoms with E-state index in [-0.39, 0.29) is 18.2 Å². The molecule has 2 amide bonds. The molecule has 0 saturated carbocycles. The molecule has 0 unspecified atom stereocenters. The van der Waals surface area contributed by atoms with Crippen LogP contribution in [0.15, 0.2) is 71.6 Å². The molecular formula is C28H28N2O6S. The van der Waals surface area contributed by atoms with E-state index in [4.69, 9.17) is 18.9 Å². The molecule has 37 heavy (non-hydrogen) atoms. The number of amides is 2. The van der Waals surface area contributed by atoms with Crippen LogP contribution in [-0.2, 0) is 16.0 Å². The van der Waals surface area contributed by atoms with Gasteiger partial charge in [-0.1, -0.05) is 54.2 Å². The lowest BCUT2D eigenvalue weighted by atomic mass is 10.1. The maximum atomic E-state index is 13.5. The van der Waals surface area contributed by atoms with Crippen molar-refractivity contribution in [3.05, 3.63) is 88.3 Å². The first-order valence-electron chi connectivity index (χ1n) is 11.5. The number of benzene rings is 3. The Kier molecular flexibility index (Phi) is 8.25. The minimum Gasteiger partial charge on any atom is -0.497 e. The van der Waals surface area contributed by atoms with Crippen LogP contribution >= 0.6 is 11.8 Å². The molecular weight excluding hydrogens is 492 g/mol. The van der Waals surface area contributed by atoms with Crippen molar-refractivity contribution in [3.8, 4) is 23.0 Å². The van der Waals surface area contributed by atoms with E-state index >= 15 is 0 Å². The van der Waals surface area contributed by atoms with Gasteiger partial charge in [-0.25, -0.2) is 5.01 Å². The Morgan fingerprint density at radius 3 is 2.14 bits per heavy atom. The first-order chi connectivity index (χ1) is 18.0. The normalized spacial score (nSPS) is 16.0. The molecule has 1 aliphatic rings. The van der Waals surface area contributed by atoms with E-state index < -0.39 is 5.37 Å². The zero-order chi connectivity index (χ0) is 26.4. The van der Waals surface area contributed by atoms with Gasteiger partial charge in [0.15, 0.2) is 11.5 Å². The van der Waals surface area contributed by atoms with Crippen LogP contribution in [0, 0.1) is 0 Å². The van der Waals surface area contributed by atoms with E-state index in [1.165, 1.54) is 38.1 Å². The number of rotatable bonds is 9. The first kappa shape index (κ1) is 26.0. The summed E-state index contributed by atoms with van der Waals surface area (Å²) in [5.41, 5.74) is 5.20. The quantitative estimate of drug-likeness (QED) is 0.413. The topological polar surface area (TPSA) is 86.3 Å². The number of hydrazine groups is 1. The largest absolute Gasteiger partial charge is 0.497 e. The number of hydrogen-bond acceptors (Lipinski definition) is 7. The average molecular weight is 521 g/mol. The van der Waals surface area contributed by atoms with E-state index in [0.717, 1.165) is 11.1 Å². The summed E-state index contributed by atoms with van der Waals surface area (Å²) in [6, 6.07) is 20.3. The van der Waals surface area contributed by atoms with Gasteiger partial charge in [-0.3, -0.25) is 15.0 Å². The standard InChI is InChI=1S/C28H28N2O6S/c1-33-21-12-10-20(11-13-21)28-30(29-25(31)17-18-8-6-5-7-9-18)27(32)24(37-28)16-19-14-22(34-2)26(36-4)23(15-19)35-3/h5-16,28H,17H2,1-4H3,(H,29,31)/b24-16-/t28-/m0/s1. The van der Waals surface area contributed by atoms with Crippen molar-refractivity contribution in [1.82, 2.24) is 10.4 Å². The lowest BCUT2D eigenvalue weighted by Crippen LogP contribution is -2.44. The highest BCUT2D eigenvalue weighted by atomic mass is 32.2. The maximum absolute atomic E-state index is 13.5. The summed E-state index contributed by atoms with van der Waals surface area (Å²) >= 11 is 1.34. The van der Waals surface area contributed by atoms with Gasteiger partial charge in [0.25, 0.3) is 5.91 Å². The van der Waals surface area contributed by atoms with Gasteiger partial charge in [0.2, 0.25) is 11.7 Å². The van der Waals surface area contributed by atoms with Crippen LogP contribution in [0.2, 0.25) is 0 Å². The van der Waals surface area contributed by atoms with Gasteiger partial charge in [-0.2, -0.15) is 0 Å². The molecule has 0 aliphatic carbocycles. The zero-order valence-corrected chi connectivity index (χ0v) is 21.8. The predicted molar refractivity (Wildman–Crippen MR) is 143 cm³/mol. The maximum Gasteiger partial charge on any atom is 0.280 e. The summed E-state index contributed by atoms with van der Waals surface area (Å²) < 4.78 is 21.6. The van der Waals surface area contributed by atoms with Crippen LogP contribution in [0.4, 0.5) is 0 Å². The molecule has 3 aromatic rings. The number of thioether (sulfide) groups is 1. The smallest absolute Gasteiger partial charge is 0.280 e. The molecule has 192 valence electrons. The van der Waals surface area contributed by atoms with Gasteiger partial charge in [0.05, 0.1) is 39.8 Å². The van der Waals surface area contributed by atoms with Crippen molar-refractivity contribution < 1.29 is 28.5 Å². The van der Waals surface area contributed by atoms with E-state index in [1.807, 2.05) is 54.6 Å². The Balaban J connectivity index is 1.67. The van der Waals surface area contributed by atoms with Crippen molar-refractivity contribution >= 4 is 29.7 Å². The molecule has 0 bridgehead atoms. The zero-order valence-electron chi connectivity index (χ0n) is 21.0. The third kappa shape index (κ3) is 5.83.